The fourth-order valence-electron chi connectivity index (χ4n) is 4.23. The number of anilines is 2. The normalized spacial score (nSPS) is 14.8. The van der Waals surface area contributed by atoms with Crippen LogP contribution in [0.3, 0.4) is 0 Å². The van der Waals surface area contributed by atoms with Crippen LogP contribution in [-0.4, -0.2) is 65.0 Å². The summed E-state index contributed by atoms with van der Waals surface area (Å²) in [5.74, 6) is 2.85. The minimum atomic E-state index is -0.318. The number of ether oxygens (including phenoxy) is 3. The molecule has 3 aromatic rings. The zero-order valence-electron chi connectivity index (χ0n) is 20.3. The number of amides is 2. The van der Waals surface area contributed by atoms with Gasteiger partial charge in [-0.25, -0.2) is 4.79 Å². The van der Waals surface area contributed by atoms with Gasteiger partial charge in [0.2, 0.25) is 0 Å². The largest absolute Gasteiger partial charge is 0.497 e. The lowest BCUT2D eigenvalue weighted by molar-refractivity contribution is 0.162. The van der Waals surface area contributed by atoms with E-state index in [0.717, 1.165) is 37.7 Å². The van der Waals surface area contributed by atoms with Crippen molar-refractivity contribution in [1.29, 1.82) is 0 Å². The quantitative estimate of drug-likeness (QED) is 0.479. The second kappa shape index (κ2) is 11.5. The molecule has 0 aliphatic carbocycles. The molecular weight excluding hydrogens is 448 g/mol. The van der Waals surface area contributed by atoms with Crippen molar-refractivity contribution in [1.82, 2.24) is 10.2 Å². The van der Waals surface area contributed by atoms with Gasteiger partial charge in [0.05, 0.1) is 39.3 Å². The second-order valence-corrected chi connectivity index (χ2v) is 8.15. The molecule has 2 heterocycles. The van der Waals surface area contributed by atoms with Crippen LogP contribution in [0.25, 0.3) is 0 Å². The van der Waals surface area contributed by atoms with Gasteiger partial charge in [0.1, 0.15) is 23.0 Å². The molecule has 1 aliphatic heterocycles. The first-order valence-electron chi connectivity index (χ1n) is 11.5. The van der Waals surface area contributed by atoms with Gasteiger partial charge in [-0.15, -0.1) is 0 Å². The van der Waals surface area contributed by atoms with E-state index in [1.165, 1.54) is 5.69 Å². The zero-order chi connectivity index (χ0) is 24.6. The third-order valence-corrected chi connectivity index (χ3v) is 6.18. The number of piperazine rings is 1. The maximum Gasteiger partial charge on any atom is 0.319 e. The van der Waals surface area contributed by atoms with Crippen LogP contribution in [0.4, 0.5) is 16.2 Å². The summed E-state index contributed by atoms with van der Waals surface area (Å²) >= 11 is 0. The Hall–Kier alpha value is -3.85. The third kappa shape index (κ3) is 5.99. The van der Waals surface area contributed by atoms with Crippen LogP contribution in [0.1, 0.15) is 11.8 Å². The summed E-state index contributed by atoms with van der Waals surface area (Å²) in [6, 6.07) is 16.8. The van der Waals surface area contributed by atoms with E-state index < -0.39 is 0 Å². The highest BCUT2D eigenvalue weighted by molar-refractivity contribution is 5.91. The number of nitrogens with zero attached hydrogens (tertiary/aromatic N) is 2. The number of methoxy groups -OCH3 is 3. The molecule has 35 heavy (non-hydrogen) atoms. The highest BCUT2D eigenvalue weighted by Gasteiger charge is 2.27. The Bertz CT molecular complexity index is 1080. The van der Waals surface area contributed by atoms with E-state index in [4.69, 9.17) is 18.6 Å². The fraction of sp³-hybridized carbons (Fsp3) is 0.346. The van der Waals surface area contributed by atoms with Gasteiger partial charge in [0, 0.05) is 44.5 Å². The molecule has 0 radical (unpaired) electrons. The van der Waals surface area contributed by atoms with Crippen LogP contribution in [0.5, 0.6) is 17.2 Å². The molecule has 4 rings (SSSR count). The average molecular weight is 481 g/mol. The number of urea groups is 1. The first-order chi connectivity index (χ1) is 17.1. The number of furan rings is 1. The highest BCUT2D eigenvalue weighted by Crippen LogP contribution is 2.29. The van der Waals surface area contributed by atoms with Crippen LogP contribution in [-0.2, 0) is 0 Å². The highest BCUT2D eigenvalue weighted by atomic mass is 16.5. The molecule has 1 aromatic heterocycles. The van der Waals surface area contributed by atoms with Gasteiger partial charge >= 0.3 is 6.03 Å². The number of nitrogens with one attached hydrogen (secondary N) is 2. The first kappa shape index (κ1) is 24.3. The van der Waals surface area contributed by atoms with Gasteiger partial charge in [0.25, 0.3) is 0 Å². The van der Waals surface area contributed by atoms with Crippen molar-refractivity contribution in [3.05, 3.63) is 66.6 Å². The van der Waals surface area contributed by atoms with E-state index >= 15 is 0 Å². The number of rotatable bonds is 9. The summed E-state index contributed by atoms with van der Waals surface area (Å²) < 4.78 is 21.6. The van der Waals surface area contributed by atoms with E-state index in [1.54, 1.807) is 45.8 Å². The van der Waals surface area contributed by atoms with Crippen molar-refractivity contribution < 1.29 is 23.4 Å². The fourth-order valence-corrected chi connectivity index (χ4v) is 4.23. The lowest BCUT2D eigenvalue weighted by Crippen LogP contribution is -2.50. The van der Waals surface area contributed by atoms with Crippen LogP contribution < -0.4 is 29.7 Å². The lowest BCUT2D eigenvalue weighted by atomic mass is 10.1. The molecule has 2 amide bonds. The number of hydrogen-bond acceptors (Lipinski definition) is 7. The Kier molecular flexibility index (Phi) is 7.99. The van der Waals surface area contributed by atoms with Gasteiger partial charge in [-0.3, -0.25) is 4.90 Å². The van der Waals surface area contributed by atoms with Crippen LogP contribution >= 0.6 is 0 Å². The molecule has 9 heteroatoms. The number of carbonyl (C=O) groups excluding carboxylic acids is 1. The van der Waals surface area contributed by atoms with Gasteiger partial charge < -0.3 is 34.2 Å². The minimum Gasteiger partial charge on any atom is -0.497 e. The lowest BCUT2D eigenvalue weighted by Gasteiger charge is -2.39. The Labute approximate surface area is 205 Å². The first-order valence-corrected chi connectivity index (χ1v) is 11.5. The standard InChI is InChI=1S/C26H32N4O5/c1-32-20-8-6-19(7-9-20)29-12-14-30(15-13-29)23(24-5-4-16-35-24)18-27-26(31)28-22-11-10-21(33-2)17-25(22)34-3/h4-11,16-17,23H,12-15,18H2,1-3H3,(H2,27,28,31). The summed E-state index contributed by atoms with van der Waals surface area (Å²) in [6.07, 6.45) is 1.66. The van der Waals surface area contributed by atoms with Crippen molar-refractivity contribution in [2.45, 2.75) is 6.04 Å². The maximum absolute atomic E-state index is 12.7. The van der Waals surface area contributed by atoms with Gasteiger partial charge in [-0.2, -0.15) is 0 Å². The molecule has 0 spiro atoms. The van der Waals surface area contributed by atoms with Crippen molar-refractivity contribution in [2.75, 3.05) is 64.3 Å². The number of carbonyl (C=O) groups is 1. The second-order valence-electron chi connectivity index (χ2n) is 8.15. The van der Waals surface area contributed by atoms with Crippen molar-refractivity contribution >= 4 is 17.4 Å². The summed E-state index contributed by atoms with van der Waals surface area (Å²) in [5, 5.41) is 5.84. The summed E-state index contributed by atoms with van der Waals surface area (Å²) in [4.78, 5) is 17.4. The molecule has 2 aromatic carbocycles. The van der Waals surface area contributed by atoms with Gasteiger partial charge in [-0.05, 0) is 48.5 Å². The summed E-state index contributed by atoms with van der Waals surface area (Å²) in [5.41, 5.74) is 1.74. The Morgan fingerprint density at radius 3 is 2.29 bits per heavy atom. The van der Waals surface area contributed by atoms with Crippen molar-refractivity contribution in [3.63, 3.8) is 0 Å². The predicted octanol–water partition coefficient (Wildman–Crippen LogP) is 3.99. The van der Waals surface area contributed by atoms with E-state index in [1.807, 2.05) is 24.3 Å². The zero-order valence-corrected chi connectivity index (χ0v) is 20.3. The topological polar surface area (TPSA) is 88.4 Å². The molecule has 1 aliphatic rings. The van der Waals surface area contributed by atoms with Gasteiger partial charge in [0.15, 0.2) is 0 Å². The maximum atomic E-state index is 12.7. The molecule has 2 N–H and O–H groups in total. The van der Waals surface area contributed by atoms with E-state index in [9.17, 15) is 4.79 Å². The monoisotopic (exact) mass is 480 g/mol. The number of hydrogen-bond donors (Lipinski definition) is 2. The molecule has 0 bridgehead atoms. The van der Waals surface area contributed by atoms with E-state index in [2.05, 4.69) is 32.6 Å². The number of benzene rings is 2. The van der Waals surface area contributed by atoms with Crippen LogP contribution in [0.2, 0.25) is 0 Å². The van der Waals surface area contributed by atoms with E-state index in [-0.39, 0.29) is 12.1 Å². The van der Waals surface area contributed by atoms with Crippen molar-refractivity contribution in [3.8, 4) is 17.2 Å². The molecule has 1 atom stereocenters. The Balaban J connectivity index is 1.36. The molecule has 9 nitrogen and oxygen atoms in total. The van der Waals surface area contributed by atoms with Crippen LogP contribution in [0.15, 0.2) is 65.3 Å². The van der Waals surface area contributed by atoms with Crippen molar-refractivity contribution in [2.24, 2.45) is 0 Å². The Morgan fingerprint density at radius 1 is 0.943 bits per heavy atom. The minimum absolute atomic E-state index is 0.0773. The molecular formula is C26H32N4O5. The summed E-state index contributed by atoms with van der Waals surface area (Å²) in [6.45, 7) is 3.83. The SMILES string of the molecule is COc1ccc(N2CCN(C(CNC(=O)Nc3ccc(OC)cc3OC)c3ccco3)CC2)cc1. The summed E-state index contributed by atoms with van der Waals surface area (Å²) in [7, 11) is 4.81. The molecule has 1 unspecified atom stereocenters. The van der Waals surface area contributed by atoms with Crippen LogP contribution in [0, 0.1) is 0 Å². The molecule has 1 fully saturated rings. The smallest absolute Gasteiger partial charge is 0.319 e. The Morgan fingerprint density at radius 2 is 1.66 bits per heavy atom. The molecule has 1 saturated heterocycles. The predicted molar refractivity (Wildman–Crippen MR) is 135 cm³/mol. The molecule has 186 valence electrons. The molecule has 0 saturated carbocycles. The third-order valence-electron chi connectivity index (χ3n) is 6.18. The average Bonchev–Trinajstić information content (AvgIpc) is 3.44. The van der Waals surface area contributed by atoms with E-state index in [0.29, 0.717) is 23.7 Å². The van der Waals surface area contributed by atoms with Gasteiger partial charge in [-0.1, -0.05) is 0 Å².